The van der Waals surface area contributed by atoms with Gasteiger partial charge in [-0.1, -0.05) is 24.3 Å². The number of carbonyl (C=O) groups is 1. The summed E-state index contributed by atoms with van der Waals surface area (Å²) in [6.07, 6.45) is -1.05. The van der Waals surface area contributed by atoms with Crippen LogP contribution in [-0.4, -0.2) is 41.2 Å². The zero-order valence-corrected chi connectivity index (χ0v) is 20.8. The lowest BCUT2D eigenvalue weighted by molar-refractivity contribution is -0.128. The molecule has 0 bridgehead atoms. The fraction of sp³-hybridized carbons (Fsp3) is 0.269. The summed E-state index contributed by atoms with van der Waals surface area (Å²) in [7, 11) is -0.896. The summed E-state index contributed by atoms with van der Waals surface area (Å²) >= 11 is 0. The first-order valence-electron chi connectivity index (χ1n) is 11.1. The molecule has 1 heterocycles. The van der Waals surface area contributed by atoms with Gasteiger partial charge in [0.15, 0.2) is 6.10 Å². The van der Waals surface area contributed by atoms with Crippen molar-refractivity contribution >= 4 is 21.6 Å². The summed E-state index contributed by atoms with van der Waals surface area (Å²) in [6, 6.07) is 18.4. The Morgan fingerprint density at radius 3 is 2.46 bits per heavy atom. The Balaban J connectivity index is 1.64. The number of fused-ring (bicyclic) bond motifs is 1. The molecule has 35 heavy (non-hydrogen) atoms. The molecule has 0 fully saturated rings. The van der Waals surface area contributed by atoms with Crippen LogP contribution in [0.2, 0.25) is 0 Å². The number of nitrogens with zero attached hydrogens (tertiary/aromatic N) is 1. The highest BCUT2D eigenvalue weighted by Crippen LogP contribution is 2.38. The summed E-state index contributed by atoms with van der Waals surface area (Å²) in [4.78, 5) is 13.3. The minimum absolute atomic E-state index is 0.0919. The molecule has 9 heteroatoms. The molecule has 8 nitrogen and oxygen atoms in total. The van der Waals surface area contributed by atoms with Gasteiger partial charge in [-0.25, -0.2) is 8.42 Å². The van der Waals surface area contributed by atoms with E-state index in [9.17, 15) is 13.2 Å². The summed E-state index contributed by atoms with van der Waals surface area (Å²) in [5.74, 6) is 1.09. The minimum Gasteiger partial charge on any atom is -0.497 e. The van der Waals surface area contributed by atoms with E-state index in [0.29, 0.717) is 22.9 Å². The Morgan fingerprint density at radius 2 is 1.77 bits per heavy atom. The van der Waals surface area contributed by atoms with Crippen molar-refractivity contribution in [2.24, 2.45) is 0 Å². The van der Waals surface area contributed by atoms with E-state index in [1.54, 1.807) is 31.4 Å². The molecule has 0 aromatic heterocycles. The number of benzene rings is 3. The predicted octanol–water partition coefficient (Wildman–Crippen LogP) is 3.85. The second kappa shape index (κ2) is 9.87. The summed E-state index contributed by atoms with van der Waals surface area (Å²) in [5, 5.41) is 2.93. The fourth-order valence-electron chi connectivity index (χ4n) is 4.01. The lowest BCUT2D eigenvalue weighted by atomic mass is 10.1. The van der Waals surface area contributed by atoms with Crippen molar-refractivity contribution in [1.82, 2.24) is 5.32 Å². The molecular formula is C26H28N2O6S. The van der Waals surface area contributed by atoms with Gasteiger partial charge in [0, 0.05) is 5.56 Å². The zero-order valence-electron chi connectivity index (χ0n) is 20.0. The molecule has 0 spiro atoms. The Labute approximate surface area is 205 Å². The van der Waals surface area contributed by atoms with Crippen LogP contribution in [0.3, 0.4) is 0 Å². The number of amides is 1. The summed E-state index contributed by atoms with van der Waals surface area (Å²) in [5.41, 5.74) is 2.07. The highest BCUT2D eigenvalue weighted by molar-refractivity contribution is 7.92. The molecule has 0 saturated carbocycles. The average Bonchev–Trinajstić information content (AvgIpc) is 2.87. The third-order valence-corrected chi connectivity index (χ3v) is 7.68. The molecule has 3 aromatic rings. The molecule has 184 valence electrons. The van der Waals surface area contributed by atoms with Crippen LogP contribution in [0.5, 0.6) is 17.2 Å². The van der Waals surface area contributed by atoms with Crippen LogP contribution in [0.15, 0.2) is 71.6 Å². The van der Waals surface area contributed by atoms with Crippen LogP contribution in [-0.2, 0) is 14.8 Å². The second-order valence-corrected chi connectivity index (χ2v) is 10.1. The monoisotopic (exact) mass is 496 g/mol. The Morgan fingerprint density at radius 1 is 1.06 bits per heavy atom. The van der Waals surface area contributed by atoms with Crippen molar-refractivity contribution in [2.75, 3.05) is 25.1 Å². The van der Waals surface area contributed by atoms with E-state index in [0.717, 1.165) is 11.1 Å². The SMILES string of the molecule is COc1ccc(S(=O)(=O)N2C[C@@H](C(=O)N[C@@H](C)c3ccccc3OC)Oc3ccc(C)cc32)cc1. The van der Waals surface area contributed by atoms with Gasteiger partial charge in [-0.2, -0.15) is 0 Å². The molecule has 1 amide bonds. The second-order valence-electron chi connectivity index (χ2n) is 8.26. The Kier molecular flexibility index (Phi) is 6.88. The molecule has 1 aliphatic rings. The molecule has 0 radical (unpaired) electrons. The summed E-state index contributed by atoms with van der Waals surface area (Å²) < 4.78 is 45.0. The van der Waals surface area contributed by atoms with Crippen LogP contribution >= 0.6 is 0 Å². The van der Waals surface area contributed by atoms with Gasteiger partial charge >= 0.3 is 0 Å². The van der Waals surface area contributed by atoms with Gasteiger partial charge in [0.1, 0.15) is 17.2 Å². The normalized spacial score (nSPS) is 16.0. The first-order chi connectivity index (χ1) is 16.7. The largest absolute Gasteiger partial charge is 0.497 e. The van der Waals surface area contributed by atoms with Crippen molar-refractivity contribution in [3.05, 3.63) is 77.9 Å². The van der Waals surface area contributed by atoms with Gasteiger partial charge < -0.3 is 19.5 Å². The van der Waals surface area contributed by atoms with Gasteiger partial charge in [0.05, 0.1) is 37.4 Å². The van der Waals surface area contributed by atoms with Crippen LogP contribution in [0.4, 0.5) is 5.69 Å². The van der Waals surface area contributed by atoms with E-state index in [4.69, 9.17) is 14.2 Å². The van der Waals surface area contributed by atoms with Gasteiger partial charge in [-0.3, -0.25) is 9.10 Å². The maximum absolute atomic E-state index is 13.6. The number of methoxy groups -OCH3 is 2. The first-order valence-corrected chi connectivity index (χ1v) is 12.6. The molecule has 0 saturated heterocycles. The molecule has 1 aliphatic heterocycles. The Hall–Kier alpha value is -3.72. The number of carbonyl (C=O) groups excluding carboxylic acids is 1. The molecule has 0 aliphatic carbocycles. The number of nitrogens with one attached hydrogen (secondary N) is 1. The quantitative estimate of drug-likeness (QED) is 0.534. The topological polar surface area (TPSA) is 94.2 Å². The first kappa shape index (κ1) is 24.4. The van der Waals surface area contributed by atoms with Crippen molar-refractivity contribution in [2.45, 2.75) is 30.9 Å². The highest BCUT2D eigenvalue weighted by atomic mass is 32.2. The van der Waals surface area contributed by atoms with E-state index in [2.05, 4.69) is 5.32 Å². The van der Waals surface area contributed by atoms with Crippen molar-refractivity contribution in [3.8, 4) is 17.2 Å². The lowest BCUT2D eigenvalue weighted by Crippen LogP contribution is -2.51. The van der Waals surface area contributed by atoms with E-state index in [1.807, 2.05) is 44.2 Å². The van der Waals surface area contributed by atoms with Crippen molar-refractivity contribution in [3.63, 3.8) is 0 Å². The molecule has 1 N–H and O–H groups in total. The molecule has 0 unspecified atom stereocenters. The highest BCUT2D eigenvalue weighted by Gasteiger charge is 2.38. The Bertz CT molecular complexity index is 1320. The molecular weight excluding hydrogens is 468 g/mol. The third-order valence-electron chi connectivity index (χ3n) is 5.89. The number of ether oxygens (including phenoxy) is 3. The van der Waals surface area contributed by atoms with E-state index in [-0.39, 0.29) is 17.5 Å². The lowest BCUT2D eigenvalue weighted by Gasteiger charge is -2.35. The number of aryl methyl sites for hydroxylation is 1. The van der Waals surface area contributed by atoms with Gasteiger partial charge in [0.2, 0.25) is 0 Å². The van der Waals surface area contributed by atoms with E-state index < -0.39 is 22.0 Å². The van der Waals surface area contributed by atoms with Gasteiger partial charge in [0.25, 0.3) is 15.9 Å². The number of anilines is 1. The maximum atomic E-state index is 13.6. The predicted molar refractivity (Wildman–Crippen MR) is 133 cm³/mol. The smallest absolute Gasteiger partial charge is 0.264 e. The number of hydrogen-bond acceptors (Lipinski definition) is 6. The van der Waals surface area contributed by atoms with Gasteiger partial charge in [-0.05, 0) is 61.9 Å². The van der Waals surface area contributed by atoms with Crippen LogP contribution in [0.1, 0.15) is 24.1 Å². The van der Waals surface area contributed by atoms with Crippen molar-refractivity contribution < 1.29 is 27.4 Å². The standard InChI is InChI=1S/C26H28N2O6S/c1-17-9-14-24-22(15-17)28(35(30,31)20-12-10-19(32-3)11-13-20)16-25(34-24)26(29)27-18(2)21-7-5-6-8-23(21)33-4/h5-15,18,25H,16H2,1-4H3,(H,27,29)/t18-,25-/m0/s1. The van der Waals surface area contributed by atoms with Crippen LogP contribution < -0.4 is 23.8 Å². The number of hydrogen-bond donors (Lipinski definition) is 1. The van der Waals surface area contributed by atoms with Crippen molar-refractivity contribution in [1.29, 1.82) is 0 Å². The van der Waals surface area contributed by atoms with Gasteiger partial charge in [-0.15, -0.1) is 0 Å². The minimum atomic E-state index is -3.98. The number of para-hydroxylation sites is 1. The molecule has 3 aromatic carbocycles. The number of sulfonamides is 1. The number of rotatable bonds is 7. The summed E-state index contributed by atoms with van der Waals surface area (Å²) in [6.45, 7) is 3.53. The zero-order chi connectivity index (χ0) is 25.2. The fourth-order valence-corrected chi connectivity index (χ4v) is 5.48. The van der Waals surface area contributed by atoms with Crippen LogP contribution in [0, 0.1) is 6.92 Å². The maximum Gasteiger partial charge on any atom is 0.264 e. The third kappa shape index (κ3) is 4.90. The van der Waals surface area contributed by atoms with E-state index in [1.165, 1.54) is 23.5 Å². The average molecular weight is 497 g/mol. The van der Waals surface area contributed by atoms with Crippen LogP contribution in [0.25, 0.3) is 0 Å². The molecule has 4 rings (SSSR count). The van der Waals surface area contributed by atoms with E-state index >= 15 is 0 Å². The molecule has 2 atom stereocenters.